The van der Waals surface area contributed by atoms with Gasteiger partial charge in [0, 0.05) is 26.1 Å². The summed E-state index contributed by atoms with van der Waals surface area (Å²) in [5.74, 6) is -0.193. The van der Waals surface area contributed by atoms with E-state index in [-0.39, 0.29) is 37.2 Å². The van der Waals surface area contributed by atoms with Crippen molar-refractivity contribution in [1.82, 2.24) is 10.2 Å². The molecular formula is C27H37Cl2N3O4S. The molecule has 1 atom stereocenters. The molecule has 0 aliphatic rings. The Hall–Kier alpha value is -2.29. The van der Waals surface area contributed by atoms with E-state index >= 15 is 0 Å². The number of hydrogen-bond donors (Lipinski definition) is 1. The molecule has 0 spiro atoms. The van der Waals surface area contributed by atoms with Gasteiger partial charge in [0.15, 0.2) is 0 Å². The summed E-state index contributed by atoms with van der Waals surface area (Å²) in [4.78, 5) is 28.1. The number of carbonyl (C=O) groups excluding carboxylic acids is 2. The van der Waals surface area contributed by atoms with Crippen molar-refractivity contribution in [3.63, 3.8) is 0 Å². The average molecular weight is 571 g/mol. The van der Waals surface area contributed by atoms with Gasteiger partial charge in [0.1, 0.15) is 6.04 Å². The molecule has 2 aromatic rings. The summed E-state index contributed by atoms with van der Waals surface area (Å²) < 4.78 is 26.3. The molecule has 2 aromatic carbocycles. The second-order valence-electron chi connectivity index (χ2n) is 9.61. The average Bonchev–Trinajstić information content (AvgIpc) is 2.81. The van der Waals surface area contributed by atoms with Gasteiger partial charge in [-0.2, -0.15) is 0 Å². The third kappa shape index (κ3) is 9.51. The number of aryl methyl sites for hydroxylation is 1. The Morgan fingerprint density at radius 1 is 1.05 bits per heavy atom. The number of benzene rings is 2. The minimum Gasteiger partial charge on any atom is -0.354 e. The Kier molecular flexibility index (Phi) is 11.7. The van der Waals surface area contributed by atoms with Crippen LogP contribution in [-0.4, -0.2) is 50.5 Å². The third-order valence-corrected chi connectivity index (χ3v) is 7.78. The van der Waals surface area contributed by atoms with Gasteiger partial charge in [-0.25, -0.2) is 8.42 Å². The Bertz CT molecular complexity index is 1190. The lowest BCUT2D eigenvalue weighted by molar-refractivity contribution is -0.141. The molecule has 0 bridgehead atoms. The van der Waals surface area contributed by atoms with E-state index < -0.39 is 16.1 Å². The second-order valence-corrected chi connectivity index (χ2v) is 12.3. The minimum atomic E-state index is -3.54. The van der Waals surface area contributed by atoms with Crippen LogP contribution >= 0.6 is 23.2 Å². The molecule has 0 saturated carbocycles. The molecule has 0 aliphatic carbocycles. The summed E-state index contributed by atoms with van der Waals surface area (Å²) >= 11 is 12.2. The van der Waals surface area contributed by atoms with E-state index in [0.717, 1.165) is 17.4 Å². The van der Waals surface area contributed by atoms with E-state index in [0.29, 0.717) is 35.1 Å². The van der Waals surface area contributed by atoms with Gasteiger partial charge in [-0.15, -0.1) is 0 Å². The van der Waals surface area contributed by atoms with Crippen LogP contribution in [0.4, 0.5) is 5.69 Å². The number of sulfonamides is 1. The molecule has 0 fully saturated rings. The van der Waals surface area contributed by atoms with Crippen LogP contribution in [0.1, 0.15) is 51.2 Å². The van der Waals surface area contributed by atoms with E-state index in [4.69, 9.17) is 23.2 Å². The van der Waals surface area contributed by atoms with Crippen molar-refractivity contribution < 1.29 is 18.0 Å². The molecule has 0 radical (unpaired) electrons. The first-order chi connectivity index (χ1) is 17.3. The Morgan fingerprint density at radius 2 is 1.76 bits per heavy atom. The number of amides is 2. The molecule has 37 heavy (non-hydrogen) atoms. The van der Waals surface area contributed by atoms with Gasteiger partial charge in [0.05, 0.1) is 22.0 Å². The van der Waals surface area contributed by atoms with E-state index in [1.165, 1.54) is 4.31 Å². The van der Waals surface area contributed by atoms with E-state index in [9.17, 15) is 18.0 Å². The maximum atomic E-state index is 13.5. The molecule has 0 heterocycles. The predicted molar refractivity (Wildman–Crippen MR) is 152 cm³/mol. The van der Waals surface area contributed by atoms with Gasteiger partial charge in [0.25, 0.3) is 0 Å². The lowest BCUT2D eigenvalue weighted by atomic mass is 10.1. The second kappa shape index (κ2) is 14.0. The summed E-state index contributed by atoms with van der Waals surface area (Å²) in [5, 5.41) is 3.70. The van der Waals surface area contributed by atoms with Gasteiger partial charge in [-0.3, -0.25) is 13.9 Å². The normalized spacial score (nSPS) is 12.3. The van der Waals surface area contributed by atoms with Crippen LogP contribution in [0.25, 0.3) is 0 Å². The Balaban J connectivity index is 2.24. The van der Waals surface area contributed by atoms with Crippen molar-refractivity contribution in [2.24, 2.45) is 5.92 Å². The molecule has 204 valence electrons. The van der Waals surface area contributed by atoms with Crippen molar-refractivity contribution in [3.05, 3.63) is 63.6 Å². The van der Waals surface area contributed by atoms with E-state index in [1.54, 1.807) is 41.3 Å². The monoisotopic (exact) mass is 569 g/mol. The molecule has 2 rings (SSSR count). The molecule has 0 unspecified atom stereocenters. The molecular weight excluding hydrogens is 533 g/mol. The summed E-state index contributed by atoms with van der Waals surface area (Å²) in [5.41, 5.74) is 2.24. The van der Waals surface area contributed by atoms with Crippen LogP contribution in [0.2, 0.25) is 10.0 Å². The van der Waals surface area contributed by atoms with Crippen LogP contribution in [0, 0.1) is 12.8 Å². The number of carbonyl (C=O) groups is 2. The van der Waals surface area contributed by atoms with Crippen molar-refractivity contribution in [2.45, 2.75) is 59.5 Å². The number of halogens is 2. The zero-order chi connectivity index (χ0) is 27.8. The van der Waals surface area contributed by atoms with Crippen molar-refractivity contribution >= 4 is 50.7 Å². The maximum Gasteiger partial charge on any atom is 0.242 e. The van der Waals surface area contributed by atoms with Crippen LogP contribution in [-0.2, 0) is 26.2 Å². The summed E-state index contributed by atoms with van der Waals surface area (Å²) in [6.45, 7) is 8.58. The first-order valence-corrected chi connectivity index (χ1v) is 15.0. The quantitative estimate of drug-likeness (QED) is 0.348. The van der Waals surface area contributed by atoms with Gasteiger partial charge in [-0.05, 0) is 61.1 Å². The highest BCUT2D eigenvalue weighted by atomic mass is 35.5. The molecule has 0 saturated heterocycles. The molecule has 7 nitrogen and oxygen atoms in total. The molecule has 0 aromatic heterocycles. The smallest absolute Gasteiger partial charge is 0.242 e. The van der Waals surface area contributed by atoms with Crippen LogP contribution < -0.4 is 9.62 Å². The highest BCUT2D eigenvalue weighted by Crippen LogP contribution is 2.25. The first kappa shape index (κ1) is 30.9. The summed E-state index contributed by atoms with van der Waals surface area (Å²) in [7, 11) is -3.54. The third-order valence-electron chi connectivity index (χ3n) is 5.85. The van der Waals surface area contributed by atoms with Gasteiger partial charge in [0.2, 0.25) is 21.8 Å². The molecule has 1 N–H and O–H groups in total. The SMILES string of the molecule is CC[C@@H](C(=O)NCC(C)C)N(Cc1ccc(Cl)c(Cl)c1)C(=O)CCCN(c1cccc(C)c1)S(C)(=O)=O. The van der Waals surface area contributed by atoms with Crippen LogP contribution in [0.3, 0.4) is 0 Å². The number of nitrogens with zero attached hydrogens (tertiary/aromatic N) is 2. The van der Waals surface area contributed by atoms with Crippen molar-refractivity contribution in [2.75, 3.05) is 23.7 Å². The summed E-state index contributed by atoms with van der Waals surface area (Å²) in [6.07, 6.45) is 1.95. The molecule has 10 heteroatoms. The zero-order valence-electron chi connectivity index (χ0n) is 22.1. The number of rotatable bonds is 13. The van der Waals surface area contributed by atoms with Crippen LogP contribution in [0.5, 0.6) is 0 Å². The number of hydrogen-bond acceptors (Lipinski definition) is 4. The van der Waals surface area contributed by atoms with E-state index in [1.807, 2.05) is 33.8 Å². The Labute approximate surface area is 231 Å². The van der Waals surface area contributed by atoms with Crippen molar-refractivity contribution in [1.29, 1.82) is 0 Å². The van der Waals surface area contributed by atoms with Crippen LogP contribution in [0.15, 0.2) is 42.5 Å². The first-order valence-electron chi connectivity index (χ1n) is 12.4. The van der Waals surface area contributed by atoms with Crippen molar-refractivity contribution in [3.8, 4) is 0 Å². The zero-order valence-corrected chi connectivity index (χ0v) is 24.5. The number of anilines is 1. The maximum absolute atomic E-state index is 13.5. The highest BCUT2D eigenvalue weighted by molar-refractivity contribution is 7.92. The lowest BCUT2D eigenvalue weighted by Crippen LogP contribution is -2.49. The Morgan fingerprint density at radius 3 is 2.32 bits per heavy atom. The standard InChI is InChI=1S/C27H37Cl2N3O4S/c1-6-25(27(34)30-17-19(2)3)31(18-21-12-13-23(28)24(29)16-21)26(33)11-8-14-32(37(5,35)36)22-10-7-9-20(4)15-22/h7,9-10,12-13,15-16,19,25H,6,8,11,14,17-18H2,1-5H3,(H,30,34)/t25-/m0/s1. The topological polar surface area (TPSA) is 86.8 Å². The molecule has 0 aliphatic heterocycles. The molecule has 2 amide bonds. The minimum absolute atomic E-state index is 0.0765. The summed E-state index contributed by atoms with van der Waals surface area (Å²) in [6, 6.07) is 11.7. The lowest BCUT2D eigenvalue weighted by Gasteiger charge is -2.31. The van der Waals surface area contributed by atoms with E-state index in [2.05, 4.69) is 5.32 Å². The fourth-order valence-electron chi connectivity index (χ4n) is 3.96. The fourth-order valence-corrected chi connectivity index (χ4v) is 5.24. The predicted octanol–water partition coefficient (Wildman–Crippen LogP) is 5.43. The van der Waals surface area contributed by atoms with Gasteiger partial charge in [-0.1, -0.05) is 62.2 Å². The number of nitrogens with one attached hydrogen (secondary N) is 1. The highest BCUT2D eigenvalue weighted by Gasteiger charge is 2.29. The van der Waals surface area contributed by atoms with Gasteiger partial charge < -0.3 is 10.2 Å². The van der Waals surface area contributed by atoms with Gasteiger partial charge >= 0.3 is 0 Å². The fraction of sp³-hybridized carbons (Fsp3) is 0.481. The largest absolute Gasteiger partial charge is 0.354 e.